The van der Waals surface area contributed by atoms with Gasteiger partial charge in [0.2, 0.25) is 6.41 Å². The lowest BCUT2D eigenvalue weighted by Crippen LogP contribution is -2.31. The van der Waals surface area contributed by atoms with Crippen molar-refractivity contribution >= 4 is 12.2 Å². The minimum atomic E-state index is -0.515. The number of hydrogen-bond donors (Lipinski definition) is 1. The molecule has 1 N–H and O–H groups in total. The molecule has 0 saturated carbocycles. The summed E-state index contributed by atoms with van der Waals surface area (Å²) < 4.78 is 14.7. The van der Waals surface area contributed by atoms with E-state index in [1.807, 2.05) is 13.0 Å². The Morgan fingerprint density at radius 2 is 2.08 bits per heavy atom. The lowest BCUT2D eigenvalue weighted by molar-refractivity contribution is -0.107. The summed E-state index contributed by atoms with van der Waals surface area (Å²) >= 11 is 0. The lowest BCUT2D eigenvalue weighted by Gasteiger charge is -2.26. The number of carbonyl (C=O) groups is 1. The van der Waals surface area contributed by atoms with Crippen molar-refractivity contribution in [1.29, 1.82) is 0 Å². The van der Waals surface area contributed by atoms with E-state index in [1.165, 1.54) is 37.3 Å². The topological polar surface area (TPSA) is 65.1 Å². The number of carbonyl (C=O) groups excluding carboxylic acids is 1. The van der Waals surface area contributed by atoms with Crippen LogP contribution in [-0.2, 0) is 4.79 Å². The Hall–Kier alpha value is -2.28. The summed E-state index contributed by atoms with van der Waals surface area (Å²) in [5.74, 6) is -0.465. The second-order valence-corrected chi connectivity index (χ2v) is 6.83. The number of aryl methyl sites for hydroxylation is 1. The highest BCUT2D eigenvalue weighted by Crippen LogP contribution is 2.26. The second-order valence-electron chi connectivity index (χ2n) is 6.83. The maximum atomic E-state index is 14.7. The molecule has 1 aliphatic rings. The third kappa shape index (κ3) is 4.46. The van der Waals surface area contributed by atoms with Crippen molar-refractivity contribution in [2.24, 2.45) is 0 Å². The molecule has 2 aromatic rings. The highest BCUT2D eigenvalue weighted by atomic mass is 19.1. The molecule has 0 radical (unpaired) electrons. The van der Waals surface area contributed by atoms with E-state index in [9.17, 15) is 9.18 Å². The van der Waals surface area contributed by atoms with Crippen molar-refractivity contribution in [3.63, 3.8) is 0 Å². The number of pyridine rings is 1. The Kier molecular flexibility index (Phi) is 6.33. The number of amides is 1. The van der Waals surface area contributed by atoms with Gasteiger partial charge in [-0.1, -0.05) is 6.42 Å². The Bertz CT molecular complexity index is 709. The van der Waals surface area contributed by atoms with Gasteiger partial charge in [-0.15, -0.1) is 0 Å². The van der Waals surface area contributed by atoms with Gasteiger partial charge in [0.05, 0.1) is 0 Å². The van der Waals surface area contributed by atoms with Crippen LogP contribution in [0.3, 0.4) is 0 Å². The van der Waals surface area contributed by atoms with Gasteiger partial charge in [-0.3, -0.25) is 19.8 Å². The van der Waals surface area contributed by atoms with Gasteiger partial charge in [-0.05, 0) is 64.4 Å². The molecule has 140 valence electrons. The predicted octanol–water partition coefficient (Wildman–Crippen LogP) is 3.15. The number of aromatic nitrogens is 3. The van der Waals surface area contributed by atoms with Crippen molar-refractivity contribution in [1.82, 2.24) is 20.1 Å². The van der Waals surface area contributed by atoms with Crippen LogP contribution < -0.4 is 4.90 Å². The predicted molar refractivity (Wildman–Crippen MR) is 99.4 cm³/mol. The molecule has 1 amide bonds. The van der Waals surface area contributed by atoms with Crippen molar-refractivity contribution in [3.05, 3.63) is 29.8 Å². The number of hydrogen-bond acceptors (Lipinski definition) is 4. The molecule has 26 heavy (non-hydrogen) atoms. The molecule has 0 unspecified atom stereocenters. The lowest BCUT2D eigenvalue weighted by atomic mass is 10.1. The molecule has 1 aliphatic heterocycles. The van der Waals surface area contributed by atoms with Crippen LogP contribution in [0.1, 0.15) is 37.8 Å². The summed E-state index contributed by atoms with van der Waals surface area (Å²) in [6.45, 7) is 5.70. The van der Waals surface area contributed by atoms with Gasteiger partial charge >= 0.3 is 0 Å². The van der Waals surface area contributed by atoms with Crippen molar-refractivity contribution in [3.8, 4) is 11.3 Å². The largest absolute Gasteiger partial charge is 0.303 e. The SMILES string of the molecule is Cc1ccc(-c2[nH]nc(N(C=O)CCCCN3CCCCC3)c2F)cn1. The summed E-state index contributed by atoms with van der Waals surface area (Å²) in [5, 5.41) is 6.70. The van der Waals surface area contributed by atoms with Crippen LogP contribution in [-0.4, -0.2) is 52.7 Å². The molecule has 0 bridgehead atoms. The molecule has 6 nitrogen and oxygen atoms in total. The molecule has 1 fully saturated rings. The summed E-state index contributed by atoms with van der Waals surface area (Å²) in [7, 11) is 0. The van der Waals surface area contributed by atoms with Gasteiger partial charge in [-0.25, -0.2) is 4.39 Å². The number of anilines is 1. The number of H-pyrrole nitrogens is 1. The van der Waals surface area contributed by atoms with E-state index in [1.54, 1.807) is 12.3 Å². The van der Waals surface area contributed by atoms with Crippen molar-refractivity contribution < 1.29 is 9.18 Å². The fourth-order valence-corrected chi connectivity index (χ4v) is 3.33. The van der Waals surface area contributed by atoms with E-state index < -0.39 is 5.82 Å². The van der Waals surface area contributed by atoms with Crippen LogP contribution in [0.2, 0.25) is 0 Å². The quantitative estimate of drug-likeness (QED) is 0.581. The van der Waals surface area contributed by atoms with Gasteiger partial charge < -0.3 is 4.90 Å². The molecule has 7 heteroatoms. The zero-order valence-electron chi connectivity index (χ0n) is 15.2. The third-order valence-electron chi connectivity index (χ3n) is 4.86. The monoisotopic (exact) mass is 359 g/mol. The number of unbranched alkanes of at least 4 members (excludes halogenated alkanes) is 1. The normalized spacial score (nSPS) is 15.2. The molecule has 3 rings (SSSR count). The van der Waals surface area contributed by atoms with E-state index in [0.29, 0.717) is 18.5 Å². The number of nitrogens with one attached hydrogen (secondary N) is 1. The Labute approximate surface area is 153 Å². The number of likely N-dealkylation sites (tertiary alicyclic amines) is 1. The summed E-state index contributed by atoms with van der Waals surface area (Å²) in [5.41, 5.74) is 1.73. The van der Waals surface area contributed by atoms with Gasteiger partial charge in [-0.2, -0.15) is 5.10 Å². The van der Waals surface area contributed by atoms with Gasteiger partial charge in [0.1, 0.15) is 5.69 Å². The molecular formula is C19H26FN5O. The first-order chi connectivity index (χ1) is 12.7. The highest BCUT2D eigenvalue weighted by molar-refractivity contribution is 5.76. The van der Waals surface area contributed by atoms with Crippen LogP contribution >= 0.6 is 0 Å². The van der Waals surface area contributed by atoms with Crippen LogP contribution in [0.15, 0.2) is 18.3 Å². The van der Waals surface area contributed by atoms with E-state index in [-0.39, 0.29) is 11.5 Å². The first-order valence-electron chi connectivity index (χ1n) is 9.30. The number of nitrogens with zero attached hydrogens (tertiary/aromatic N) is 4. The maximum absolute atomic E-state index is 14.7. The molecule has 0 aromatic carbocycles. The second kappa shape index (κ2) is 8.89. The zero-order valence-corrected chi connectivity index (χ0v) is 15.2. The fraction of sp³-hybridized carbons (Fsp3) is 0.526. The molecule has 2 aromatic heterocycles. The average molecular weight is 359 g/mol. The highest BCUT2D eigenvalue weighted by Gasteiger charge is 2.20. The molecular weight excluding hydrogens is 333 g/mol. The Morgan fingerprint density at radius 3 is 2.77 bits per heavy atom. The number of halogens is 1. The van der Waals surface area contributed by atoms with Crippen molar-refractivity contribution in [2.75, 3.05) is 31.1 Å². The Balaban J connectivity index is 1.57. The van der Waals surface area contributed by atoms with Gasteiger partial charge in [0.15, 0.2) is 11.6 Å². The van der Waals surface area contributed by atoms with Crippen LogP contribution in [0.4, 0.5) is 10.2 Å². The minimum Gasteiger partial charge on any atom is -0.303 e. The molecule has 1 saturated heterocycles. The van der Waals surface area contributed by atoms with Crippen LogP contribution in [0.25, 0.3) is 11.3 Å². The number of rotatable bonds is 8. The van der Waals surface area contributed by atoms with Gasteiger partial charge in [0, 0.05) is 24.0 Å². The molecule has 0 aliphatic carbocycles. The summed E-state index contributed by atoms with van der Waals surface area (Å²) in [6, 6.07) is 3.60. The Morgan fingerprint density at radius 1 is 1.27 bits per heavy atom. The molecule has 0 spiro atoms. The third-order valence-corrected chi connectivity index (χ3v) is 4.86. The maximum Gasteiger partial charge on any atom is 0.215 e. The molecule has 3 heterocycles. The summed E-state index contributed by atoms with van der Waals surface area (Å²) in [4.78, 5) is 19.4. The smallest absolute Gasteiger partial charge is 0.215 e. The van der Waals surface area contributed by atoms with Crippen LogP contribution in [0.5, 0.6) is 0 Å². The zero-order chi connectivity index (χ0) is 18.4. The van der Waals surface area contributed by atoms with E-state index in [4.69, 9.17) is 0 Å². The van der Waals surface area contributed by atoms with Crippen molar-refractivity contribution in [2.45, 2.75) is 39.0 Å². The standard InChI is InChI=1S/C19H26FN5O/c1-15-7-8-16(13-21-15)18-17(20)19(23-22-18)25(14-26)12-6-5-11-24-9-3-2-4-10-24/h7-8,13-14H,2-6,9-12H2,1H3,(H,22,23). The molecule has 0 atom stereocenters. The van der Waals surface area contributed by atoms with E-state index in [2.05, 4.69) is 20.1 Å². The fourth-order valence-electron chi connectivity index (χ4n) is 3.33. The average Bonchev–Trinajstić information content (AvgIpc) is 3.05. The number of piperidine rings is 1. The summed E-state index contributed by atoms with van der Waals surface area (Å²) in [6.07, 6.45) is 7.93. The first-order valence-corrected chi connectivity index (χ1v) is 9.30. The van der Waals surface area contributed by atoms with Crippen LogP contribution in [0, 0.1) is 12.7 Å². The van der Waals surface area contributed by atoms with E-state index in [0.717, 1.165) is 25.1 Å². The first kappa shape index (κ1) is 18.5. The minimum absolute atomic E-state index is 0.0496. The van der Waals surface area contributed by atoms with E-state index >= 15 is 0 Å². The van der Waals surface area contributed by atoms with Gasteiger partial charge in [0.25, 0.3) is 0 Å². The number of aromatic amines is 1.